The van der Waals surface area contributed by atoms with Crippen molar-refractivity contribution in [2.45, 2.75) is 4.90 Å². The summed E-state index contributed by atoms with van der Waals surface area (Å²) >= 11 is 0. The molecule has 0 saturated heterocycles. The summed E-state index contributed by atoms with van der Waals surface area (Å²) in [5.74, 6) is -8.73. The summed E-state index contributed by atoms with van der Waals surface area (Å²) in [7, 11) is -2.89. The molecule has 0 aliphatic heterocycles. The van der Waals surface area contributed by atoms with Crippen LogP contribution >= 0.6 is 0 Å². The van der Waals surface area contributed by atoms with Crippen molar-refractivity contribution >= 4 is 10.0 Å². The molecule has 0 radical (unpaired) electrons. The zero-order valence-corrected chi connectivity index (χ0v) is 15.5. The van der Waals surface area contributed by atoms with E-state index in [1.165, 1.54) is 7.11 Å². The highest BCUT2D eigenvalue weighted by atomic mass is 32.2. The van der Waals surface area contributed by atoms with Crippen molar-refractivity contribution in [3.63, 3.8) is 0 Å². The summed E-state index contributed by atoms with van der Waals surface area (Å²) in [6.45, 7) is 0. The zero-order valence-electron chi connectivity index (χ0n) is 14.6. The maximum Gasteiger partial charge on any atom is 0.238 e. The van der Waals surface area contributed by atoms with Crippen molar-refractivity contribution in [2.75, 3.05) is 7.11 Å². The van der Waals surface area contributed by atoms with Gasteiger partial charge in [-0.1, -0.05) is 18.2 Å². The van der Waals surface area contributed by atoms with Gasteiger partial charge >= 0.3 is 0 Å². The van der Waals surface area contributed by atoms with Crippen LogP contribution in [0.2, 0.25) is 0 Å². The molecule has 152 valence electrons. The lowest BCUT2D eigenvalue weighted by atomic mass is 9.92. The lowest BCUT2D eigenvalue weighted by molar-refractivity contribution is 0.386. The monoisotopic (exact) mass is 429 g/mol. The van der Waals surface area contributed by atoms with E-state index in [1.54, 1.807) is 0 Å². The lowest BCUT2D eigenvalue weighted by Crippen LogP contribution is -2.11. The maximum absolute atomic E-state index is 14.6. The van der Waals surface area contributed by atoms with E-state index in [4.69, 9.17) is 9.88 Å². The Kier molecular flexibility index (Phi) is 5.33. The van der Waals surface area contributed by atoms with Gasteiger partial charge in [-0.3, -0.25) is 0 Å². The molecular formula is C19H12F5NO3S. The Morgan fingerprint density at radius 3 is 1.69 bits per heavy atom. The lowest BCUT2D eigenvalue weighted by Gasteiger charge is -2.15. The first-order valence-electron chi connectivity index (χ1n) is 7.89. The number of ether oxygens (including phenoxy) is 1. The zero-order chi connectivity index (χ0) is 21.5. The van der Waals surface area contributed by atoms with Crippen molar-refractivity contribution < 1.29 is 35.1 Å². The quantitative estimate of drug-likeness (QED) is 0.380. The minimum absolute atomic E-state index is 0.182. The maximum atomic E-state index is 14.6. The molecule has 3 aromatic rings. The van der Waals surface area contributed by atoms with E-state index in [-0.39, 0.29) is 21.8 Å². The Morgan fingerprint density at radius 1 is 0.759 bits per heavy atom. The highest BCUT2D eigenvalue weighted by molar-refractivity contribution is 7.89. The number of rotatable bonds is 4. The fraction of sp³-hybridized carbons (Fsp3) is 0.0526. The van der Waals surface area contributed by atoms with Gasteiger partial charge in [0.05, 0.1) is 12.0 Å². The molecule has 10 heteroatoms. The van der Waals surface area contributed by atoms with Crippen molar-refractivity contribution in [3.05, 3.63) is 71.6 Å². The van der Waals surface area contributed by atoms with E-state index in [0.29, 0.717) is 0 Å². The Hall–Kier alpha value is -2.98. The van der Waals surface area contributed by atoms with E-state index in [2.05, 4.69) is 0 Å². The van der Waals surface area contributed by atoms with Gasteiger partial charge in [-0.15, -0.1) is 0 Å². The molecule has 0 fully saturated rings. The number of halogens is 5. The van der Waals surface area contributed by atoms with Gasteiger partial charge in [0.2, 0.25) is 10.0 Å². The second-order valence-electron chi connectivity index (χ2n) is 5.92. The normalized spacial score (nSPS) is 11.6. The number of primary sulfonamides is 1. The summed E-state index contributed by atoms with van der Waals surface area (Å²) in [6.07, 6.45) is 0. The molecule has 0 heterocycles. The third kappa shape index (κ3) is 3.68. The number of hydrogen-bond donors (Lipinski definition) is 1. The molecule has 0 aliphatic rings. The molecule has 0 aromatic heterocycles. The van der Waals surface area contributed by atoms with Gasteiger partial charge in [0, 0.05) is 11.1 Å². The van der Waals surface area contributed by atoms with Gasteiger partial charge in [0.15, 0.2) is 34.8 Å². The summed E-state index contributed by atoms with van der Waals surface area (Å²) in [6, 6.07) is 7.08. The van der Waals surface area contributed by atoms with Crippen LogP contribution in [0.1, 0.15) is 0 Å². The Bertz CT molecular complexity index is 1210. The minimum Gasteiger partial charge on any atom is -0.494 e. The van der Waals surface area contributed by atoms with Crippen LogP contribution in [0, 0.1) is 29.1 Å². The van der Waals surface area contributed by atoms with Crippen LogP contribution in [0.25, 0.3) is 22.3 Å². The molecule has 3 aromatic carbocycles. The summed E-state index contributed by atoms with van der Waals surface area (Å²) in [5.41, 5.74) is -1.93. The predicted octanol–water partition coefficient (Wildman–Crippen LogP) is 4.37. The van der Waals surface area contributed by atoms with Crippen LogP contribution in [0.4, 0.5) is 22.0 Å². The second kappa shape index (κ2) is 7.45. The van der Waals surface area contributed by atoms with Gasteiger partial charge in [0.25, 0.3) is 0 Å². The summed E-state index contributed by atoms with van der Waals surface area (Å²) in [4.78, 5) is -0.332. The van der Waals surface area contributed by atoms with Crippen LogP contribution in [0.3, 0.4) is 0 Å². The highest BCUT2D eigenvalue weighted by Gasteiger charge is 2.27. The standard InChI is InChI=1S/C19H12F5NO3S/c1-28-13-7-4-10(8-12(13)20)15-14(16(21)18(23)19(24)17(15)22)9-2-5-11(6-3-9)29(25,26)27/h2-8H,1H3,(H2,25,26,27). The van der Waals surface area contributed by atoms with Crippen LogP contribution in [-0.4, -0.2) is 15.5 Å². The van der Waals surface area contributed by atoms with Crippen molar-refractivity contribution in [2.24, 2.45) is 5.14 Å². The molecular weight excluding hydrogens is 417 g/mol. The molecule has 0 unspecified atom stereocenters. The van der Waals surface area contributed by atoms with Crippen LogP contribution in [0.15, 0.2) is 47.4 Å². The average Bonchev–Trinajstić information content (AvgIpc) is 2.68. The molecule has 0 saturated carbocycles. The van der Waals surface area contributed by atoms with E-state index < -0.39 is 50.2 Å². The summed E-state index contributed by atoms with van der Waals surface area (Å²) in [5, 5.41) is 4.98. The molecule has 0 amide bonds. The SMILES string of the molecule is COc1ccc(-c2c(F)c(F)c(F)c(F)c2-c2ccc(S(N)(=O)=O)cc2)cc1F. The smallest absolute Gasteiger partial charge is 0.238 e. The highest BCUT2D eigenvalue weighted by Crippen LogP contribution is 2.40. The van der Waals surface area contributed by atoms with Crippen LogP contribution < -0.4 is 9.88 Å². The van der Waals surface area contributed by atoms with E-state index >= 15 is 0 Å². The third-order valence-electron chi connectivity index (χ3n) is 4.18. The molecule has 4 nitrogen and oxygen atoms in total. The molecule has 0 aliphatic carbocycles. The van der Waals surface area contributed by atoms with E-state index in [9.17, 15) is 30.4 Å². The molecule has 2 N–H and O–H groups in total. The van der Waals surface area contributed by atoms with Gasteiger partial charge in [-0.05, 0) is 35.4 Å². The van der Waals surface area contributed by atoms with Crippen molar-refractivity contribution in [3.8, 4) is 28.0 Å². The largest absolute Gasteiger partial charge is 0.494 e. The number of hydrogen-bond acceptors (Lipinski definition) is 3. The molecule has 0 bridgehead atoms. The number of nitrogens with two attached hydrogens (primary N) is 1. The van der Waals surface area contributed by atoms with Crippen LogP contribution in [0.5, 0.6) is 5.75 Å². The Balaban J connectivity index is 2.33. The summed E-state index contributed by atoms with van der Waals surface area (Å²) < 4.78 is 98.6. The molecule has 0 spiro atoms. The Labute approximate surface area is 162 Å². The first-order chi connectivity index (χ1) is 13.6. The fourth-order valence-electron chi connectivity index (χ4n) is 2.81. The Morgan fingerprint density at radius 2 is 1.24 bits per heavy atom. The third-order valence-corrected chi connectivity index (χ3v) is 5.11. The second-order valence-corrected chi connectivity index (χ2v) is 7.49. The van der Waals surface area contributed by atoms with Crippen LogP contribution in [-0.2, 0) is 10.0 Å². The minimum atomic E-state index is -4.08. The first-order valence-corrected chi connectivity index (χ1v) is 9.44. The van der Waals surface area contributed by atoms with Gasteiger partial charge in [-0.25, -0.2) is 35.5 Å². The predicted molar refractivity (Wildman–Crippen MR) is 95.0 cm³/mol. The topological polar surface area (TPSA) is 69.4 Å². The van der Waals surface area contributed by atoms with Crippen molar-refractivity contribution in [1.29, 1.82) is 0 Å². The van der Waals surface area contributed by atoms with E-state index in [0.717, 1.165) is 42.5 Å². The molecule has 3 rings (SSSR count). The first kappa shape index (κ1) is 20.7. The number of sulfonamides is 1. The van der Waals surface area contributed by atoms with Gasteiger partial charge < -0.3 is 4.74 Å². The fourth-order valence-corrected chi connectivity index (χ4v) is 3.32. The van der Waals surface area contributed by atoms with Gasteiger partial charge in [0.1, 0.15) is 0 Å². The molecule has 0 atom stereocenters. The van der Waals surface area contributed by atoms with Gasteiger partial charge in [-0.2, -0.15) is 0 Å². The molecule has 29 heavy (non-hydrogen) atoms. The van der Waals surface area contributed by atoms with Crippen molar-refractivity contribution in [1.82, 2.24) is 0 Å². The number of benzene rings is 3. The number of methoxy groups -OCH3 is 1. The van der Waals surface area contributed by atoms with E-state index in [1.807, 2.05) is 0 Å². The average molecular weight is 429 g/mol.